The van der Waals surface area contributed by atoms with Crippen molar-refractivity contribution in [3.63, 3.8) is 0 Å². The molecule has 1 fully saturated rings. The third-order valence-corrected chi connectivity index (χ3v) is 4.37. The second-order valence-electron chi connectivity index (χ2n) is 6.25. The monoisotopic (exact) mass is 365 g/mol. The van der Waals surface area contributed by atoms with Gasteiger partial charge in [0.15, 0.2) is 5.65 Å². The zero-order valence-electron chi connectivity index (χ0n) is 14.7. The summed E-state index contributed by atoms with van der Waals surface area (Å²) in [7, 11) is 0. The molecular weight excluding hydrogens is 346 g/mol. The van der Waals surface area contributed by atoms with Crippen LogP contribution in [0.25, 0.3) is 5.65 Å². The van der Waals surface area contributed by atoms with Gasteiger partial charge < -0.3 is 15.0 Å². The average molecular weight is 365 g/mol. The summed E-state index contributed by atoms with van der Waals surface area (Å²) in [6, 6.07) is 12.9. The van der Waals surface area contributed by atoms with Crippen molar-refractivity contribution in [3.05, 3.63) is 64.6 Å². The Hall–Kier alpha value is -3.26. The number of aromatic nitrogens is 3. The van der Waals surface area contributed by atoms with Crippen LogP contribution in [-0.2, 0) is 16.0 Å². The minimum Gasteiger partial charge on any atom is -0.378 e. The van der Waals surface area contributed by atoms with Gasteiger partial charge in [0.2, 0.25) is 5.91 Å². The van der Waals surface area contributed by atoms with Crippen LogP contribution in [0, 0.1) is 0 Å². The first-order chi connectivity index (χ1) is 13.2. The van der Waals surface area contributed by atoms with Crippen molar-refractivity contribution in [2.24, 2.45) is 0 Å². The van der Waals surface area contributed by atoms with Crippen LogP contribution >= 0.6 is 0 Å². The molecule has 1 N–H and O–H groups in total. The summed E-state index contributed by atoms with van der Waals surface area (Å²) < 4.78 is 6.57. The van der Waals surface area contributed by atoms with Crippen LogP contribution in [0.5, 0.6) is 0 Å². The topological polar surface area (TPSA) is 88.8 Å². The molecule has 0 aliphatic carbocycles. The molecule has 8 nitrogen and oxygen atoms in total. The molecule has 0 spiro atoms. The lowest BCUT2D eigenvalue weighted by Gasteiger charge is -2.27. The van der Waals surface area contributed by atoms with Crippen molar-refractivity contribution in [1.29, 1.82) is 0 Å². The van der Waals surface area contributed by atoms with E-state index in [1.807, 2.05) is 36.4 Å². The highest BCUT2D eigenvalue weighted by Crippen LogP contribution is 2.13. The van der Waals surface area contributed by atoms with Gasteiger partial charge in [-0.05, 0) is 17.7 Å². The Morgan fingerprint density at radius 2 is 1.89 bits per heavy atom. The van der Waals surface area contributed by atoms with Crippen LogP contribution in [0.2, 0.25) is 0 Å². The predicted molar refractivity (Wildman–Crippen MR) is 101 cm³/mol. The average Bonchev–Trinajstić information content (AvgIpc) is 2.71. The Bertz CT molecular complexity index is 1010. The van der Waals surface area contributed by atoms with Gasteiger partial charge in [-0.3, -0.25) is 9.59 Å². The lowest BCUT2D eigenvalue weighted by atomic mass is 10.1. The van der Waals surface area contributed by atoms with Gasteiger partial charge in [-0.2, -0.15) is 4.52 Å². The van der Waals surface area contributed by atoms with E-state index < -0.39 is 5.56 Å². The molecule has 3 aromatic rings. The van der Waals surface area contributed by atoms with E-state index in [4.69, 9.17) is 4.74 Å². The lowest BCUT2D eigenvalue weighted by molar-refractivity contribution is -0.115. The van der Waals surface area contributed by atoms with E-state index in [0.717, 1.165) is 5.56 Å². The van der Waals surface area contributed by atoms with Crippen molar-refractivity contribution in [2.75, 3.05) is 36.5 Å². The van der Waals surface area contributed by atoms with Gasteiger partial charge in [0.1, 0.15) is 11.5 Å². The highest BCUT2D eigenvalue weighted by atomic mass is 16.5. The zero-order valence-corrected chi connectivity index (χ0v) is 14.7. The number of hydrogen-bond donors (Lipinski definition) is 1. The number of carbonyl (C=O) groups is 1. The first kappa shape index (κ1) is 17.2. The Labute approximate surface area is 155 Å². The van der Waals surface area contributed by atoms with Crippen molar-refractivity contribution in [3.8, 4) is 0 Å². The first-order valence-corrected chi connectivity index (χ1v) is 8.76. The fourth-order valence-corrected chi connectivity index (χ4v) is 2.98. The van der Waals surface area contributed by atoms with Crippen molar-refractivity contribution >= 4 is 23.1 Å². The molecule has 3 heterocycles. The molecule has 2 aromatic heterocycles. The molecule has 0 saturated carbocycles. The van der Waals surface area contributed by atoms with E-state index >= 15 is 0 Å². The number of nitrogens with one attached hydrogen (secondary N) is 1. The zero-order chi connectivity index (χ0) is 18.6. The SMILES string of the molecule is O=C(Cc1ccccc1)Nc1cnc2ccc(N3CCOCC3)nn2c1=O. The number of carbonyl (C=O) groups excluding carboxylic acids is 1. The predicted octanol–water partition coefficient (Wildman–Crippen LogP) is 1.11. The molecule has 1 saturated heterocycles. The normalized spacial score (nSPS) is 14.3. The molecule has 138 valence electrons. The van der Waals surface area contributed by atoms with Gasteiger partial charge >= 0.3 is 0 Å². The number of anilines is 2. The molecule has 8 heteroatoms. The van der Waals surface area contributed by atoms with Crippen LogP contribution in [0.3, 0.4) is 0 Å². The number of amides is 1. The van der Waals surface area contributed by atoms with Crippen molar-refractivity contribution in [1.82, 2.24) is 14.6 Å². The number of rotatable bonds is 4. The van der Waals surface area contributed by atoms with Gasteiger partial charge in [0, 0.05) is 13.1 Å². The molecule has 4 rings (SSSR count). The minimum absolute atomic E-state index is 0.111. The molecule has 1 amide bonds. The van der Waals surface area contributed by atoms with Crippen LogP contribution < -0.4 is 15.8 Å². The van der Waals surface area contributed by atoms with E-state index in [0.29, 0.717) is 37.8 Å². The molecule has 0 unspecified atom stereocenters. The molecule has 0 atom stereocenters. The summed E-state index contributed by atoms with van der Waals surface area (Å²) in [6.45, 7) is 2.69. The summed E-state index contributed by atoms with van der Waals surface area (Å²) >= 11 is 0. The largest absolute Gasteiger partial charge is 0.378 e. The second-order valence-corrected chi connectivity index (χ2v) is 6.25. The van der Waals surface area contributed by atoms with E-state index in [1.165, 1.54) is 10.7 Å². The summed E-state index contributed by atoms with van der Waals surface area (Å²) in [4.78, 5) is 31.3. The summed E-state index contributed by atoms with van der Waals surface area (Å²) in [5.41, 5.74) is 1.01. The highest BCUT2D eigenvalue weighted by molar-refractivity contribution is 5.92. The van der Waals surface area contributed by atoms with E-state index in [1.54, 1.807) is 6.07 Å². The van der Waals surface area contributed by atoms with Gasteiger partial charge in [-0.15, -0.1) is 5.10 Å². The summed E-state index contributed by atoms with van der Waals surface area (Å²) in [6.07, 6.45) is 1.56. The quantitative estimate of drug-likeness (QED) is 0.745. The van der Waals surface area contributed by atoms with Gasteiger partial charge in [-0.25, -0.2) is 4.98 Å². The van der Waals surface area contributed by atoms with E-state index in [9.17, 15) is 9.59 Å². The minimum atomic E-state index is -0.406. The fraction of sp³-hybridized carbons (Fsp3) is 0.263. The first-order valence-electron chi connectivity index (χ1n) is 8.76. The summed E-state index contributed by atoms with van der Waals surface area (Å²) in [5, 5.41) is 7.05. The Morgan fingerprint density at radius 1 is 1.11 bits per heavy atom. The van der Waals surface area contributed by atoms with Crippen molar-refractivity contribution in [2.45, 2.75) is 6.42 Å². The van der Waals surface area contributed by atoms with E-state index in [-0.39, 0.29) is 18.0 Å². The second kappa shape index (κ2) is 7.55. The number of morpholine rings is 1. The maximum atomic E-state index is 12.8. The Kier molecular flexibility index (Phi) is 4.80. The van der Waals surface area contributed by atoms with Crippen molar-refractivity contribution < 1.29 is 9.53 Å². The number of benzene rings is 1. The summed E-state index contributed by atoms with van der Waals surface area (Å²) in [5.74, 6) is 0.409. The number of fused-ring (bicyclic) bond motifs is 1. The van der Waals surface area contributed by atoms with Crippen LogP contribution in [0.4, 0.5) is 11.5 Å². The highest BCUT2D eigenvalue weighted by Gasteiger charge is 2.15. The molecule has 0 bridgehead atoms. The Morgan fingerprint density at radius 3 is 2.67 bits per heavy atom. The lowest BCUT2D eigenvalue weighted by Crippen LogP contribution is -2.37. The van der Waals surface area contributed by atoms with Gasteiger partial charge in [0.05, 0.1) is 25.8 Å². The number of ether oxygens (including phenoxy) is 1. The van der Waals surface area contributed by atoms with Crippen LogP contribution in [-0.4, -0.2) is 46.8 Å². The van der Waals surface area contributed by atoms with Gasteiger partial charge in [0.25, 0.3) is 5.56 Å². The maximum absolute atomic E-state index is 12.8. The van der Waals surface area contributed by atoms with E-state index in [2.05, 4.69) is 20.3 Å². The molecule has 1 aliphatic heterocycles. The molecule has 0 radical (unpaired) electrons. The smallest absolute Gasteiger partial charge is 0.298 e. The molecule has 1 aliphatic rings. The third-order valence-electron chi connectivity index (χ3n) is 4.37. The maximum Gasteiger partial charge on any atom is 0.298 e. The van der Waals surface area contributed by atoms with Gasteiger partial charge in [-0.1, -0.05) is 30.3 Å². The molecule has 27 heavy (non-hydrogen) atoms. The molecule has 1 aromatic carbocycles. The number of nitrogens with zero attached hydrogens (tertiary/aromatic N) is 4. The fourth-order valence-electron chi connectivity index (χ4n) is 2.98. The third kappa shape index (κ3) is 3.80. The van der Waals surface area contributed by atoms with Crippen LogP contribution in [0.15, 0.2) is 53.5 Å². The Balaban J connectivity index is 1.58. The van der Waals surface area contributed by atoms with Crippen LogP contribution in [0.1, 0.15) is 5.56 Å². The number of hydrogen-bond acceptors (Lipinski definition) is 6. The molecular formula is C19H19N5O3. The standard InChI is InChI=1S/C19H19N5O3/c25-18(12-14-4-2-1-3-5-14)21-15-13-20-16-6-7-17(22-24(16)19(15)26)23-8-10-27-11-9-23/h1-7,13H,8-12H2,(H,21,25).